The maximum atomic E-state index is 11.6. The molecular formula is C11H11N3O4S. The quantitative estimate of drug-likeness (QED) is 0.850. The van der Waals surface area contributed by atoms with Gasteiger partial charge in [-0.15, -0.1) is 11.3 Å². The summed E-state index contributed by atoms with van der Waals surface area (Å²) in [5, 5.41) is 17.5. The van der Waals surface area contributed by atoms with E-state index in [1.54, 1.807) is 11.3 Å². The summed E-state index contributed by atoms with van der Waals surface area (Å²) < 4.78 is 4.49. The Morgan fingerprint density at radius 1 is 1.53 bits per heavy atom. The average molecular weight is 281 g/mol. The molecule has 0 bridgehead atoms. The smallest absolute Gasteiger partial charge is 0.374 e. The number of aromatic nitrogens is 2. The summed E-state index contributed by atoms with van der Waals surface area (Å²) in [4.78, 5) is 26.5. The average Bonchev–Trinajstić information content (AvgIpc) is 2.98. The highest BCUT2D eigenvalue weighted by Gasteiger charge is 2.16. The van der Waals surface area contributed by atoms with Crippen LogP contribution in [-0.4, -0.2) is 33.7 Å². The molecule has 2 aromatic heterocycles. The van der Waals surface area contributed by atoms with E-state index >= 15 is 0 Å². The molecule has 0 radical (unpaired) electrons. The minimum atomic E-state index is -1.26. The van der Waals surface area contributed by atoms with Crippen molar-refractivity contribution in [1.82, 2.24) is 15.5 Å². The molecule has 2 heterocycles. The summed E-state index contributed by atoms with van der Waals surface area (Å²) in [6.07, 6.45) is 0.611. The zero-order valence-corrected chi connectivity index (χ0v) is 10.9. The molecule has 0 unspecified atom stereocenters. The van der Waals surface area contributed by atoms with Crippen molar-refractivity contribution in [3.8, 4) is 0 Å². The fourth-order valence-electron chi connectivity index (χ4n) is 1.40. The monoisotopic (exact) mass is 281 g/mol. The summed E-state index contributed by atoms with van der Waals surface area (Å²) in [6, 6.07) is 1.09. The lowest BCUT2D eigenvalue weighted by Crippen LogP contribution is -2.26. The second-order valence-corrected chi connectivity index (χ2v) is 4.81. The molecule has 2 aromatic rings. The SMILES string of the molecule is Cc1nc(CCNC(=O)c2cc(C(=O)O)on2)cs1. The lowest BCUT2D eigenvalue weighted by atomic mass is 10.3. The van der Waals surface area contributed by atoms with E-state index in [-0.39, 0.29) is 11.5 Å². The number of aryl methyl sites for hydroxylation is 1. The highest BCUT2D eigenvalue weighted by atomic mass is 32.1. The molecule has 8 heteroatoms. The van der Waals surface area contributed by atoms with E-state index in [2.05, 4.69) is 20.0 Å². The van der Waals surface area contributed by atoms with Crippen molar-refractivity contribution >= 4 is 23.2 Å². The predicted molar refractivity (Wildman–Crippen MR) is 66.4 cm³/mol. The standard InChI is InChI=1S/C11H11N3O4S/c1-6-13-7(5-19-6)2-3-12-10(15)8-4-9(11(16)17)18-14-8/h4-5H,2-3H2,1H3,(H,12,15)(H,16,17). The van der Waals surface area contributed by atoms with Crippen LogP contribution in [0.2, 0.25) is 0 Å². The number of thiazole rings is 1. The van der Waals surface area contributed by atoms with Gasteiger partial charge in [-0.1, -0.05) is 5.16 Å². The van der Waals surface area contributed by atoms with Gasteiger partial charge < -0.3 is 14.9 Å². The van der Waals surface area contributed by atoms with Crippen molar-refractivity contribution in [1.29, 1.82) is 0 Å². The highest BCUT2D eigenvalue weighted by molar-refractivity contribution is 7.09. The lowest BCUT2D eigenvalue weighted by molar-refractivity contribution is 0.0651. The molecule has 100 valence electrons. The Bertz CT molecular complexity index is 605. The summed E-state index contributed by atoms with van der Waals surface area (Å²) in [6.45, 7) is 2.31. The number of rotatable bonds is 5. The molecule has 0 aromatic carbocycles. The van der Waals surface area contributed by atoms with Gasteiger partial charge in [0.25, 0.3) is 5.91 Å². The van der Waals surface area contributed by atoms with Crippen molar-refractivity contribution in [3.63, 3.8) is 0 Å². The van der Waals surface area contributed by atoms with Crippen LogP contribution in [0.5, 0.6) is 0 Å². The van der Waals surface area contributed by atoms with Gasteiger partial charge in [-0.05, 0) is 6.92 Å². The van der Waals surface area contributed by atoms with Gasteiger partial charge in [0.1, 0.15) is 0 Å². The first-order chi connectivity index (χ1) is 9.06. The third kappa shape index (κ3) is 3.38. The molecule has 0 aliphatic carbocycles. The number of carbonyl (C=O) groups excluding carboxylic acids is 1. The van der Waals surface area contributed by atoms with Crippen LogP contribution in [-0.2, 0) is 6.42 Å². The van der Waals surface area contributed by atoms with Gasteiger partial charge in [-0.3, -0.25) is 4.79 Å². The van der Waals surface area contributed by atoms with Gasteiger partial charge in [-0.2, -0.15) is 0 Å². The van der Waals surface area contributed by atoms with Crippen LogP contribution in [0.3, 0.4) is 0 Å². The Morgan fingerprint density at radius 2 is 2.32 bits per heavy atom. The number of nitrogens with zero attached hydrogens (tertiary/aromatic N) is 2. The fourth-order valence-corrected chi connectivity index (χ4v) is 2.05. The maximum absolute atomic E-state index is 11.6. The van der Waals surface area contributed by atoms with E-state index in [1.807, 2.05) is 12.3 Å². The zero-order chi connectivity index (χ0) is 13.8. The minimum absolute atomic E-state index is 0.0492. The largest absolute Gasteiger partial charge is 0.475 e. The molecule has 0 atom stereocenters. The lowest BCUT2D eigenvalue weighted by Gasteiger charge is -2.00. The number of hydrogen-bond donors (Lipinski definition) is 2. The van der Waals surface area contributed by atoms with Crippen molar-refractivity contribution in [3.05, 3.63) is 33.6 Å². The predicted octanol–water partition coefficient (Wildman–Crippen LogP) is 1.11. The molecule has 0 saturated carbocycles. The van der Waals surface area contributed by atoms with Crippen molar-refractivity contribution in [2.75, 3.05) is 6.54 Å². The molecular weight excluding hydrogens is 270 g/mol. The van der Waals surface area contributed by atoms with Crippen molar-refractivity contribution in [2.24, 2.45) is 0 Å². The number of carboxylic acid groups (broad SMARTS) is 1. The highest BCUT2D eigenvalue weighted by Crippen LogP contribution is 2.08. The number of aromatic carboxylic acids is 1. The molecule has 2 rings (SSSR count). The number of amides is 1. The number of nitrogens with one attached hydrogen (secondary N) is 1. The number of carboxylic acids is 1. The van der Waals surface area contributed by atoms with E-state index < -0.39 is 11.9 Å². The van der Waals surface area contributed by atoms with E-state index in [4.69, 9.17) is 5.11 Å². The molecule has 0 spiro atoms. The molecule has 0 aliphatic heterocycles. The summed E-state index contributed by atoms with van der Waals surface area (Å²) in [5.41, 5.74) is 0.862. The first-order valence-electron chi connectivity index (χ1n) is 5.45. The van der Waals surface area contributed by atoms with Gasteiger partial charge in [-0.25, -0.2) is 9.78 Å². The second-order valence-electron chi connectivity index (χ2n) is 3.75. The van der Waals surface area contributed by atoms with Gasteiger partial charge in [0.05, 0.1) is 10.7 Å². The van der Waals surface area contributed by atoms with E-state index in [0.29, 0.717) is 13.0 Å². The third-order valence-corrected chi connectivity index (χ3v) is 3.11. The van der Waals surface area contributed by atoms with E-state index in [1.165, 1.54) is 0 Å². The normalized spacial score (nSPS) is 10.4. The first-order valence-corrected chi connectivity index (χ1v) is 6.33. The van der Waals surface area contributed by atoms with Crippen LogP contribution in [0.4, 0.5) is 0 Å². The molecule has 19 heavy (non-hydrogen) atoms. The topological polar surface area (TPSA) is 105 Å². The Morgan fingerprint density at radius 3 is 2.89 bits per heavy atom. The molecule has 0 aliphatic rings. The van der Waals surface area contributed by atoms with E-state index in [0.717, 1.165) is 16.8 Å². The zero-order valence-electron chi connectivity index (χ0n) is 10.0. The summed E-state index contributed by atoms with van der Waals surface area (Å²) >= 11 is 1.55. The molecule has 7 nitrogen and oxygen atoms in total. The van der Waals surface area contributed by atoms with Gasteiger partial charge in [0, 0.05) is 24.4 Å². The number of hydrogen-bond acceptors (Lipinski definition) is 6. The minimum Gasteiger partial charge on any atom is -0.475 e. The van der Waals surface area contributed by atoms with Crippen LogP contribution >= 0.6 is 11.3 Å². The van der Waals surface area contributed by atoms with Crippen molar-refractivity contribution < 1.29 is 19.2 Å². The molecule has 2 N–H and O–H groups in total. The third-order valence-electron chi connectivity index (χ3n) is 2.29. The van der Waals surface area contributed by atoms with Gasteiger partial charge >= 0.3 is 5.97 Å². The fraction of sp³-hybridized carbons (Fsp3) is 0.273. The maximum Gasteiger partial charge on any atom is 0.374 e. The van der Waals surface area contributed by atoms with Crippen LogP contribution < -0.4 is 5.32 Å². The molecule has 1 amide bonds. The van der Waals surface area contributed by atoms with E-state index in [9.17, 15) is 9.59 Å². The second kappa shape index (κ2) is 5.61. The van der Waals surface area contributed by atoms with Crippen molar-refractivity contribution in [2.45, 2.75) is 13.3 Å². The molecule has 0 saturated heterocycles. The molecule has 0 fully saturated rings. The van der Waals surface area contributed by atoms with Gasteiger partial charge in [0.2, 0.25) is 5.76 Å². The Kier molecular flexibility index (Phi) is 3.91. The Balaban J connectivity index is 1.85. The van der Waals surface area contributed by atoms with Crippen LogP contribution in [0.1, 0.15) is 31.7 Å². The Hall–Kier alpha value is -2.22. The van der Waals surface area contributed by atoms with Gasteiger partial charge in [0.15, 0.2) is 5.69 Å². The van der Waals surface area contributed by atoms with Crippen LogP contribution in [0.15, 0.2) is 16.0 Å². The van der Waals surface area contributed by atoms with Crippen LogP contribution in [0.25, 0.3) is 0 Å². The Labute approximate surface area is 112 Å². The van der Waals surface area contributed by atoms with Crippen LogP contribution in [0, 0.1) is 6.92 Å². The summed E-state index contributed by atoms with van der Waals surface area (Å²) in [5.74, 6) is -2.09. The first kappa shape index (κ1) is 13.2. The number of carbonyl (C=O) groups is 2. The summed E-state index contributed by atoms with van der Waals surface area (Å²) in [7, 11) is 0.